The maximum absolute atomic E-state index is 13.2. The van der Waals surface area contributed by atoms with E-state index in [1.165, 1.54) is 12.1 Å². The molecule has 0 saturated carbocycles. The number of aryl methyl sites for hydroxylation is 3. The Morgan fingerprint density at radius 1 is 1.00 bits per heavy atom. The van der Waals surface area contributed by atoms with Crippen LogP contribution in [-0.4, -0.2) is 28.1 Å². The Balaban J connectivity index is 1.71. The number of amides is 2. The van der Waals surface area contributed by atoms with E-state index < -0.39 is 0 Å². The molecule has 0 aliphatic heterocycles. The second kappa shape index (κ2) is 8.26. The summed E-state index contributed by atoms with van der Waals surface area (Å²) in [5, 5.41) is 9.87. The number of halogens is 1. The fraction of sp³-hybridized carbons (Fsp3) is 0.227. The molecule has 3 rings (SSSR count). The third-order valence-corrected chi connectivity index (χ3v) is 4.74. The Bertz CT molecular complexity index is 1050. The molecule has 0 fully saturated rings. The predicted molar refractivity (Wildman–Crippen MR) is 110 cm³/mol. The largest absolute Gasteiger partial charge is 0.343 e. The average molecular weight is 394 g/mol. The van der Waals surface area contributed by atoms with Crippen molar-refractivity contribution in [3.8, 4) is 5.69 Å². The summed E-state index contributed by atoms with van der Waals surface area (Å²) in [7, 11) is 0. The first-order chi connectivity index (χ1) is 13.8. The summed E-state index contributed by atoms with van der Waals surface area (Å²) in [5.74, 6) is -1.04. The molecule has 0 spiro atoms. The highest BCUT2D eigenvalue weighted by atomic mass is 19.1. The summed E-state index contributed by atoms with van der Waals surface area (Å²) in [6.07, 6.45) is 0. The highest BCUT2D eigenvalue weighted by Crippen LogP contribution is 2.20. The monoisotopic (exact) mass is 394 g/mol. The Hall–Kier alpha value is -3.48. The Morgan fingerprint density at radius 3 is 2.24 bits per heavy atom. The van der Waals surface area contributed by atoms with Gasteiger partial charge in [-0.25, -0.2) is 9.07 Å². The van der Waals surface area contributed by atoms with Gasteiger partial charge in [0.15, 0.2) is 0 Å². The van der Waals surface area contributed by atoms with Gasteiger partial charge in [0.2, 0.25) is 5.91 Å². The van der Waals surface area contributed by atoms with E-state index >= 15 is 0 Å². The van der Waals surface area contributed by atoms with Gasteiger partial charge in [0.25, 0.3) is 5.91 Å². The molecule has 0 radical (unpaired) electrons. The third kappa shape index (κ3) is 4.34. The minimum absolute atomic E-state index is 0.160. The van der Waals surface area contributed by atoms with Crippen LogP contribution in [0.1, 0.15) is 32.9 Å². The summed E-state index contributed by atoms with van der Waals surface area (Å²) in [6, 6.07) is 11.6. The number of nitrogens with zero attached hydrogens (tertiary/aromatic N) is 2. The van der Waals surface area contributed by atoms with Crippen molar-refractivity contribution in [2.24, 2.45) is 0 Å². The Morgan fingerprint density at radius 2 is 1.62 bits per heavy atom. The lowest BCUT2D eigenvalue weighted by Crippen LogP contribution is -2.33. The summed E-state index contributed by atoms with van der Waals surface area (Å²) < 4.78 is 14.7. The fourth-order valence-electron chi connectivity index (χ4n) is 3.25. The zero-order chi connectivity index (χ0) is 21.1. The van der Waals surface area contributed by atoms with E-state index in [-0.39, 0.29) is 24.2 Å². The third-order valence-electron chi connectivity index (χ3n) is 4.74. The smallest absolute Gasteiger partial charge is 0.255 e. The first-order valence-corrected chi connectivity index (χ1v) is 9.24. The van der Waals surface area contributed by atoms with E-state index in [2.05, 4.69) is 15.7 Å². The zero-order valence-electron chi connectivity index (χ0n) is 16.8. The average Bonchev–Trinajstić information content (AvgIpc) is 2.98. The van der Waals surface area contributed by atoms with Crippen LogP contribution in [0.25, 0.3) is 5.69 Å². The summed E-state index contributed by atoms with van der Waals surface area (Å²) >= 11 is 0. The number of carbonyl (C=O) groups is 2. The van der Waals surface area contributed by atoms with Crippen molar-refractivity contribution in [1.82, 2.24) is 15.1 Å². The van der Waals surface area contributed by atoms with Gasteiger partial charge in [-0.15, -0.1) is 0 Å². The molecule has 29 heavy (non-hydrogen) atoms. The Kier molecular flexibility index (Phi) is 5.77. The van der Waals surface area contributed by atoms with Crippen LogP contribution in [0, 0.1) is 33.5 Å². The van der Waals surface area contributed by atoms with E-state index in [1.807, 2.05) is 32.0 Å². The lowest BCUT2D eigenvalue weighted by molar-refractivity contribution is -0.115. The number of hydrogen-bond acceptors (Lipinski definition) is 3. The summed E-state index contributed by atoms with van der Waals surface area (Å²) in [6.45, 7) is 7.15. The van der Waals surface area contributed by atoms with Crippen LogP contribution < -0.4 is 10.6 Å². The first kappa shape index (κ1) is 20.3. The van der Waals surface area contributed by atoms with E-state index in [1.54, 1.807) is 30.7 Å². The van der Waals surface area contributed by atoms with Gasteiger partial charge in [-0.05, 0) is 63.1 Å². The molecule has 0 aliphatic rings. The molecule has 1 aromatic heterocycles. The molecule has 2 aromatic carbocycles. The number of rotatable bonds is 5. The van der Waals surface area contributed by atoms with Crippen molar-refractivity contribution in [2.45, 2.75) is 27.7 Å². The molecule has 0 unspecified atom stereocenters. The highest BCUT2D eigenvalue weighted by Gasteiger charge is 2.20. The van der Waals surface area contributed by atoms with Gasteiger partial charge >= 0.3 is 0 Å². The molecule has 3 aromatic rings. The normalized spacial score (nSPS) is 10.7. The number of anilines is 1. The second-order valence-corrected chi connectivity index (χ2v) is 6.93. The maximum atomic E-state index is 13.2. The molecular weight excluding hydrogens is 371 g/mol. The lowest BCUT2D eigenvalue weighted by atomic mass is 10.1. The standard InChI is InChI=1S/C22H23FN4O2/c1-13-6-5-7-14(2)21(13)25-19(28)12-24-22(29)20-15(3)26-27(16(20)4)18-10-8-17(23)9-11-18/h5-11H,12H2,1-4H3,(H,24,29)(H,25,28). The maximum Gasteiger partial charge on any atom is 0.255 e. The van der Waals surface area contributed by atoms with Crippen molar-refractivity contribution in [2.75, 3.05) is 11.9 Å². The van der Waals surface area contributed by atoms with E-state index in [4.69, 9.17) is 0 Å². The second-order valence-electron chi connectivity index (χ2n) is 6.93. The molecule has 6 nitrogen and oxygen atoms in total. The van der Waals surface area contributed by atoms with Crippen molar-refractivity contribution >= 4 is 17.5 Å². The number of hydrogen-bond donors (Lipinski definition) is 2. The van der Waals surface area contributed by atoms with Crippen LogP contribution in [-0.2, 0) is 4.79 Å². The molecule has 2 amide bonds. The molecular formula is C22H23FN4O2. The van der Waals surface area contributed by atoms with Crippen LogP contribution in [0.4, 0.5) is 10.1 Å². The predicted octanol–water partition coefficient (Wildman–Crippen LogP) is 3.61. The van der Waals surface area contributed by atoms with Gasteiger partial charge in [0, 0.05) is 5.69 Å². The van der Waals surface area contributed by atoms with Gasteiger partial charge in [-0.1, -0.05) is 18.2 Å². The molecule has 0 atom stereocenters. The topological polar surface area (TPSA) is 76.0 Å². The number of aromatic nitrogens is 2. The van der Waals surface area contributed by atoms with Gasteiger partial charge in [0.1, 0.15) is 5.82 Å². The van der Waals surface area contributed by atoms with E-state index in [0.29, 0.717) is 22.6 Å². The quantitative estimate of drug-likeness (QED) is 0.694. The summed E-state index contributed by atoms with van der Waals surface area (Å²) in [4.78, 5) is 25.0. The van der Waals surface area contributed by atoms with Crippen LogP contribution in [0.2, 0.25) is 0 Å². The van der Waals surface area contributed by atoms with E-state index in [0.717, 1.165) is 16.8 Å². The first-order valence-electron chi connectivity index (χ1n) is 9.24. The van der Waals surface area contributed by atoms with Crippen molar-refractivity contribution in [1.29, 1.82) is 0 Å². The van der Waals surface area contributed by atoms with Crippen molar-refractivity contribution in [3.05, 3.63) is 76.4 Å². The van der Waals surface area contributed by atoms with E-state index in [9.17, 15) is 14.0 Å². The molecule has 0 bridgehead atoms. The van der Waals surface area contributed by atoms with Crippen molar-refractivity contribution < 1.29 is 14.0 Å². The summed E-state index contributed by atoms with van der Waals surface area (Å²) in [5.41, 5.74) is 4.85. The molecule has 150 valence electrons. The van der Waals surface area contributed by atoms with Crippen LogP contribution in [0.5, 0.6) is 0 Å². The van der Waals surface area contributed by atoms with Crippen molar-refractivity contribution in [3.63, 3.8) is 0 Å². The SMILES string of the molecule is Cc1cccc(C)c1NC(=O)CNC(=O)c1c(C)nn(-c2ccc(F)cc2)c1C. The number of benzene rings is 2. The zero-order valence-corrected chi connectivity index (χ0v) is 16.8. The molecule has 7 heteroatoms. The Labute approximate surface area is 168 Å². The fourth-order valence-corrected chi connectivity index (χ4v) is 3.25. The molecule has 0 aliphatic carbocycles. The van der Waals surface area contributed by atoms with Gasteiger partial charge in [-0.2, -0.15) is 5.10 Å². The lowest BCUT2D eigenvalue weighted by Gasteiger charge is -2.12. The highest BCUT2D eigenvalue weighted by molar-refractivity contribution is 6.01. The van der Waals surface area contributed by atoms with Crippen LogP contribution in [0.3, 0.4) is 0 Å². The number of nitrogens with one attached hydrogen (secondary N) is 2. The molecule has 1 heterocycles. The van der Waals surface area contributed by atoms with Gasteiger partial charge < -0.3 is 10.6 Å². The van der Waals surface area contributed by atoms with Crippen LogP contribution in [0.15, 0.2) is 42.5 Å². The van der Waals surface area contributed by atoms with Gasteiger partial charge in [0.05, 0.1) is 29.2 Å². The van der Waals surface area contributed by atoms with Gasteiger partial charge in [-0.3, -0.25) is 9.59 Å². The minimum atomic E-state index is -0.384. The molecule has 0 saturated heterocycles. The number of para-hydroxylation sites is 1. The number of carbonyl (C=O) groups excluding carboxylic acids is 2. The molecule has 2 N–H and O–H groups in total. The minimum Gasteiger partial charge on any atom is -0.343 e. The van der Waals surface area contributed by atoms with Crippen LogP contribution >= 0.6 is 0 Å².